The van der Waals surface area contributed by atoms with Gasteiger partial charge in [-0.15, -0.1) is 0 Å². The van der Waals surface area contributed by atoms with E-state index in [0.29, 0.717) is 36.4 Å². The Balaban J connectivity index is 0.000000353. The molecule has 400 valence electrons. The van der Waals surface area contributed by atoms with E-state index in [9.17, 15) is 95.7 Å². The topological polar surface area (TPSA) is 193 Å². The summed E-state index contributed by atoms with van der Waals surface area (Å²) in [6, 6.07) is 7.46. The molecule has 0 radical (unpaired) electrons. The Morgan fingerprint density at radius 1 is 0.608 bits per heavy atom. The maximum absolute atomic E-state index is 14.6. The zero-order valence-electron chi connectivity index (χ0n) is 37.7. The van der Waals surface area contributed by atoms with Gasteiger partial charge in [0, 0.05) is 47.2 Å². The van der Waals surface area contributed by atoms with Crippen molar-refractivity contribution in [3.63, 3.8) is 0 Å². The van der Waals surface area contributed by atoms with E-state index in [1.165, 1.54) is 45.0 Å². The Labute approximate surface area is 407 Å². The molecule has 74 heavy (non-hydrogen) atoms. The van der Waals surface area contributed by atoms with Gasteiger partial charge in [-0.3, -0.25) is 34.9 Å². The van der Waals surface area contributed by atoms with E-state index in [2.05, 4.69) is 25.3 Å². The molecule has 0 aliphatic heterocycles. The molecular weight excluding hydrogens is 1030 g/mol. The lowest BCUT2D eigenvalue weighted by atomic mass is 9.86. The molecule has 0 saturated heterocycles. The summed E-state index contributed by atoms with van der Waals surface area (Å²) >= 11 is 0. The Kier molecular flexibility index (Phi) is 18.8. The second-order valence-corrected chi connectivity index (χ2v) is 15.5. The van der Waals surface area contributed by atoms with Gasteiger partial charge in [-0.1, -0.05) is 45.5 Å². The lowest BCUT2D eigenvalue weighted by Gasteiger charge is -2.31. The van der Waals surface area contributed by atoms with Gasteiger partial charge in [0.05, 0.1) is 9.85 Å². The van der Waals surface area contributed by atoms with Crippen LogP contribution >= 0.6 is 0 Å². The summed E-state index contributed by atoms with van der Waals surface area (Å²) < 4.78 is 201. The Morgan fingerprint density at radius 2 is 1.03 bits per heavy atom. The first-order valence-corrected chi connectivity index (χ1v) is 20.5. The number of nitrogens with zero attached hydrogens (tertiary/aromatic N) is 7. The van der Waals surface area contributed by atoms with Crippen LogP contribution in [0.1, 0.15) is 86.5 Å². The Bertz CT molecular complexity index is 2910. The molecule has 6 aromatic rings. The number of rotatable bonds is 13. The highest BCUT2D eigenvalue weighted by Gasteiger charge is 2.74. The molecule has 0 saturated carbocycles. The highest BCUT2D eigenvalue weighted by atomic mass is 19.4. The predicted octanol–water partition coefficient (Wildman–Crippen LogP) is 12.5. The summed E-state index contributed by atoms with van der Waals surface area (Å²) in [5, 5.41) is 32.1. The highest BCUT2D eigenvalue weighted by molar-refractivity contribution is 5.99. The summed E-state index contributed by atoms with van der Waals surface area (Å²) in [6.45, 7) is 5.09. The van der Waals surface area contributed by atoms with Crippen LogP contribution in [0.4, 0.5) is 77.2 Å². The van der Waals surface area contributed by atoms with Crippen molar-refractivity contribution in [1.82, 2.24) is 29.9 Å². The lowest BCUT2D eigenvalue weighted by Crippen LogP contribution is -2.50. The van der Waals surface area contributed by atoms with Crippen LogP contribution in [0, 0.1) is 39.9 Å². The number of hydrogen-bond acceptors (Lipinski definition) is 10. The van der Waals surface area contributed by atoms with Gasteiger partial charge >= 0.3 is 41.7 Å². The maximum Gasteiger partial charge on any atom is 0.435 e. The molecule has 0 atom stereocenters. The minimum atomic E-state index is -6.28. The molecule has 29 heteroatoms. The lowest BCUT2D eigenvalue weighted by molar-refractivity contribution is -0.387. The van der Waals surface area contributed by atoms with Gasteiger partial charge in [0.15, 0.2) is 11.6 Å². The van der Waals surface area contributed by atoms with Gasteiger partial charge in [-0.05, 0) is 84.3 Å². The van der Waals surface area contributed by atoms with Crippen LogP contribution in [0.3, 0.4) is 0 Å². The smallest absolute Gasteiger partial charge is 0.294 e. The van der Waals surface area contributed by atoms with Gasteiger partial charge in [-0.2, -0.15) is 67.3 Å². The molecule has 0 fully saturated rings. The van der Waals surface area contributed by atoms with E-state index < -0.39 is 98.6 Å². The number of aromatic nitrogens is 6. The molecule has 0 bridgehead atoms. The molecule has 4 aromatic carbocycles. The third-order valence-corrected chi connectivity index (χ3v) is 10.9. The molecular formula is C45H39F15N8O6. The van der Waals surface area contributed by atoms with Crippen molar-refractivity contribution in [1.29, 1.82) is 0 Å². The van der Waals surface area contributed by atoms with E-state index in [-0.39, 0.29) is 70.5 Å². The first-order chi connectivity index (χ1) is 33.7. The summed E-state index contributed by atoms with van der Waals surface area (Å²) in [6.07, 6.45) is -21.1. The van der Waals surface area contributed by atoms with Gasteiger partial charge in [-0.25, -0.2) is 23.4 Å². The van der Waals surface area contributed by atoms with Crippen LogP contribution < -0.4 is 0 Å². The second-order valence-electron chi connectivity index (χ2n) is 15.5. The molecule has 1 N–H and O–H groups in total. The fourth-order valence-corrected chi connectivity index (χ4v) is 7.18. The number of H-pyrrole nitrogens is 1. The summed E-state index contributed by atoms with van der Waals surface area (Å²) in [5.41, 5.74) is -16.8. The summed E-state index contributed by atoms with van der Waals surface area (Å²) in [4.78, 5) is 53.2. The molecule has 6 rings (SSSR count). The van der Waals surface area contributed by atoms with Crippen LogP contribution in [0.2, 0.25) is 0 Å². The van der Waals surface area contributed by atoms with Crippen LogP contribution in [-0.4, -0.2) is 76.1 Å². The van der Waals surface area contributed by atoms with Crippen LogP contribution in [0.25, 0.3) is 5.69 Å². The zero-order chi connectivity index (χ0) is 55.2. The first-order valence-electron chi connectivity index (χ1n) is 20.5. The third-order valence-electron chi connectivity index (χ3n) is 10.9. The number of nitro benzene ring substituents is 2. The second kappa shape index (κ2) is 23.0. The van der Waals surface area contributed by atoms with Crippen molar-refractivity contribution in [3.8, 4) is 5.69 Å². The molecule has 14 nitrogen and oxygen atoms in total. The van der Waals surface area contributed by atoms with Gasteiger partial charge in [0.2, 0.25) is 5.82 Å². The number of nitro groups is 2. The SMILES string of the molecule is C.CCc1cc(C(F)(C(F)(F)F)C(F)(F)F)cc(C)c1CC(=O)c1ccc(-n2cncn2)c([N+](=O)[O-])c1.CCc1cc(C(F)(C(F)(F)F)C(F)(F)F)cc(C)c1CC(=O)c1ccc(F)c([N+](=O)[O-])c1.c1nc[nH]n1. The molecule has 0 amide bonds. The standard InChI is InChI=1S/C22H17F7N4O3.C20H15F8NO3.C2H3N3.CH4/c1-3-13-7-15(20(23,21(24,25)26)22(27,28)29)6-12(2)16(13)9-19(34)14-4-5-17(18(8-14)33(35)36)32-11-30-10-31-32;1-3-11-7-13(18(22,19(23,24)25)20(26,27)28)6-10(2)14(11)9-17(30)12-4-5-15(21)16(8-12)29(31)32;1-3-2-5-4-1;/h4-8,10-11H,3,9H2,1-2H3;4-8H,3,9H2,1-2H3;1-2H,(H,3,4,5);1H4. The minimum absolute atomic E-state index is 0. The fourth-order valence-electron chi connectivity index (χ4n) is 7.18. The largest absolute Gasteiger partial charge is 0.435 e. The number of alkyl halides is 14. The van der Waals surface area contributed by atoms with Gasteiger partial charge < -0.3 is 0 Å². The van der Waals surface area contributed by atoms with E-state index in [0.717, 1.165) is 37.0 Å². The number of carbonyl (C=O) groups is 2. The Morgan fingerprint density at radius 3 is 1.35 bits per heavy atom. The van der Waals surface area contributed by atoms with E-state index in [1.54, 1.807) is 0 Å². The number of ketones is 2. The fraction of sp³-hybridized carbons (Fsp3) is 0.333. The van der Waals surface area contributed by atoms with Crippen LogP contribution in [0.15, 0.2) is 86.0 Å². The Hall–Kier alpha value is -7.75. The maximum atomic E-state index is 14.6. The number of aromatic amines is 1. The van der Waals surface area contributed by atoms with Gasteiger partial charge in [0.1, 0.15) is 31.0 Å². The van der Waals surface area contributed by atoms with E-state index in [4.69, 9.17) is 0 Å². The average molecular weight is 1070 g/mol. The van der Waals surface area contributed by atoms with E-state index >= 15 is 0 Å². The van der Waals surface area contributed by atoms with Crippen LogP contribution in [-0.2, 0) is 37.0 Å². The molecule has 0 aliphatic rings. The molecule has 2 heterocycles. The monoisotopic (exact) mass is 1070 g/mol. The normalized spacial score (nSPS) is 12.1. The number of carbonyl (C=O) groups excluding carboxylic acids is 2. The van der Waals surface area contributed by atoms with Crippen molar-refractivity contribution in [2.24, 2.45) is 0 Å². The average Bonchev–Trinajstić information content (AvgIpc) is 4.07. The third kappa shape index (κ3) is 12.7. The molecule has 2 aromatic heterocycles. The minimum Gasteiger partial charge on any atom is -0.294 e. The van der Waals surface area contributed by atoms with Gasteiger partial charge in [0.25, 0.3) is 5.69 Å². The number of nitrogens with one attached hydrogen (secondary N) is 1. The quantitative estimate of drug-likeness (QED) is 0.0503. The number of aryl methyl sites for hydroxylation is 4. The predicted molar refractivity (Wildman–Crippen MR) is 231 cm³/mol. The number of halogens is 15. The van der Waals surface area contributed by atoms with Crippen molar-refractivity contribution in [3.05, 3.63) is 168 Å². The molecule has 0 spiro atoms. The number of hydrogen-bond donors (Lipinski definition) is 1. The highest BCUT2D eigenvalue weighted by Crippen LogP contribution is 2.55. The van der Waals surface area contributed by atoms with Crippen molar-refractivity contribution in [2.45, 2.75) is 96.8 Å². The zero-order valence-corrected chi connectivity index (χ0v) is 37.7. The first kappa shape index (κ1) is 60.6. The number of Topliss-reactive ketones (excluding diaryl/α,β-unsaturated/α-hetero) is 2. The molecule has 0 aliphatic carbocycles. The summed E-state index contributed by atoms with van der Waals surface area (Å²) in [7, 11) is 0. The van der Waals surface area contributed by atoms with Crippen LogP contribution in [0.5, 0.6) is 0 Å². The van der Waals surface area contributed by atoms with Crippen molar-refractivity contribution in [2.75, 3.05) is 0 Å². The van der Waals surface area contributed by atoms with Crippen molar-refractivity contribution >= 4 is 22.9 Å². The molecule has 0 unspecified atom stereocenters. The van der Waals surface area contributed by atoms with E-state index in [1.807, 2.05) is 0 Å². The number of benzene rings is 4. The van der Waals surface area contributed by atoms with Crippen molar-refractivity contribution < 1.29 is 85.3 Å². The summed E-state index contributed by atoms with van der Waals surface area (Å²) in [5.74, 6) is -2.68.